The summed E-state index contributed by atoms with van der Waals surface area (Å²) in [6, 6.07) is 20.4. The van der Waals surface area contributed by atoms with Crippen molar-refractivity contribution in [1.29, 1.82) is 0 Å². The number of rotatable bonds is 7. The molecule has 0 spiro atoms. The van der Waals surface area contributed by atoms with Crippen molar-refractivity contribution >= 4 is 17.7 Å². The number of aromatic nitrogens is 2. The molecule has 4 aromatic rings. The number of hydrogen-bond acceptors (Lipinski definition) is 8. The van der Waals surface area contributed by atoms with E-state index in [1.54, 1.807) is 26.4 Å². The van der Waals surface area contributed by atoms with Crippen LogP contribution in [0.2, 0.25) is 0 Å². The van der Waals surface area contributed by atoms with Crippen LogP contribution in [0.15, 0.2) is 81.0 Å². The Morgan fingerprint density at radius 3 is 2.22 bits per heavy atom. The maximum atomic E-state index is 11.7. The summed E-state index contributed by atoms with van der Waals surface area (Å²) in [6.45, 7) is 0. The van der Waals surface area contributed by atoms with Gasteiger partial charge in [0.1, 0.15) is 17.1 Å². The average molecular weight is 449 g/mol. The first kappa shape index (κ1) is 21.5. The van der Waals surface area contributed by atoms with Crippen LogP contribution in [0, 0.1) is 0 Å². The van der Waals surface area contributed by atoms with Gasteiger partial charge >= 0.3 is 5.97 Å². The van der Waals surface area contributed by atoms with E-state index in [0.29, 0.717) is 34.3 Å². The molecule has 0 saturated carbocycles. The van der Waals surface area contributed by atoms with Crippen LogP contribution in [0.4, 0.5) is 0 Å². The molecule has 1 heterocycles. The van der Waals surface area contributed by atoms with Gasteiger partial charge in [-0.3, -0.25) is 0 Å². The number of ether oxygens (including phenoxy) is 3. The summed E-state index contributed by atoms with van der Waals surface area (Å²) in [4.78, 5) is 18.2. The zero-order valence-corrected chi connectivity index (χ0v) is 18.5. The fourth-order valence-electron chi connectivity index (χ4n) is 3.14. The minimum atomic E-state index is -0.368. The van der Waals surface area contributed by atoms with Crippen molar-refractivity contribution in [3.8, 4) is 34.3 Å². The molecular weight excluding hydrogens is 428 g/mol. The molecule has 0 amide bonds. The lowest BCUT2D eigenvalue weighted by molar-refractivity contribution is 0.0600. The average Bonchev–Trinajstić information content (AvgIpc) is 3.33. The molecule has 32 heavy (non-hydrogen) atoms. The van der Waals surface area contributed by atoms with Crippen molar-refractivity contribution < 1.29 is 23.5 Å². The van der Waals surface area contributed by atoms with Crippen molar-refractivity contribution in [2.75, 3.05) is 21.3 Å². The second-order valence-electron chi connectivity index (χ2n) is 6.57. The lowest BCUT2D eigenvalue weighted by Crippen LogP contribution is -2.00. The molecular formula is C24H20N2O5S. The topological polar surface area (TPSA) is 83.7 Å². The van der Waals surface area contributed by atoms with Crippen LogP contribution in [0.25, 0.3) is 22.8 Å². The van der Waals surface area contributed by atoms with Gasteiger partial charge in [0.15, 0.2) is 0 Å². The molecule has 0 saturated heterocycles. The van der Waals surface area contributed by atoms with E-state index in [2.05, 4.69) is 10.1 Å². The fraction of sp³-hybridized carbons (Fsp3) is 0.125. The van der Waals surface area contributed by atoms with E-state index in [4.69, 9.17) is 18.7 Å². The van der Waals surface area contributed by atoms with Gasteiger partial charge in [0.05, 0.1) is 32.5 Å². The van der Waals surface area contributed by atoms with E-state index in [0.717, 1.165) is 15.4 Å². The molecule has 0 aliphatic heterocycles. The van der Waals surface area contributed by atoms with Gasteiger partial charge in [-0.05, 0) is 48.5 Å². The summed E-state index contributed by atoms with van der Waals surface area (Å²) in [6.07, 6.45) is 0. The molecule has 3 aromatic carbocycles. The van der Waals surface area contributed by atoms with Gasteiger partial charge in [0.25, 0.3) is 5.89 Å². The summed E-state index contributed by atoms with van der Waals surface area (Å²) in [5, 5.41) is 4.16. The summed E-state index contributed by atoms with van der Waals surface area (Å²) in [7, 11) is 4.52. The molecule has 8 heteroatoms. The van der Waals surface area contributed by atoms with Gasteiger partial charge in [0.2, 0.25) is 5.82 Å². The second kappa shape index (κ2) is 9.57. The lowest BCUT2D eigenvalue weighted by atomic mass is 10.1. The summed E-state index contributed by atoms with van der Waals surface area (Å²) >= 11 is 1.53. The van der Waals surface area contributed by atoms with Gasteiger partial charge in [-0.2, -0.15) is 4.98 Å². The monoisotopic (exact) mass is 448 g/mol. The third kappa shape index (κ3) is 4.31. The van der Waals surface area contributed by atoms with Crippen LogP contribution in [0.3, 0.4) is 0 Å². The van der Waals surface area contributed by atoms with E-state index in [-0.39, 0.29) is 5.97 Å². The number of benzene rings is 3. The van der Waals surface area contributed by atoms with E-state index < -0.39 is 0 Å². The third-order valence-corrected chi connectivity index (χ3v) is 5.78. The SMILES string of the molecule is COC(=O)c1ccc(Sc2ccccc2-c2nc(-c3c(OC)cccc3OC)no2)cc1. The molecule has 7 nitrogen and oxygen atoms in total. The van der Waals surface area contributed by atoms with Gasteiger partial charge in [-0.1, -0.05) is 35.1 Å². The summed E-state index contributed by atoms with van der Waals surface area (Å²) in [5.41, 5.74) is 1.91. The first-order valence-corrected chi connectivity index (χ1v) is 10.5. The van der Waals surface area contributed by atoms with Gasteiger partial charge in [0, 0.05) is 9.79 Å². The van der Waals surface area contributed by atoms with Crippen LogP contribution < -0.4 is 9.47 Å². The molecule has 0 radical (unpaired) electrons. The summed E-state index contributed by atoms with van der Waals surface area (Å²) in [5.74, 6) is 1.56. The predicted molar refractivity (Wildman–Crippen MR) is 120 cm³/mol. The Kier molecular flexibility index (Phi) is 6.42. The molecule has 0 atom stereocenters. The van der Waals surface area contributed by atoms with Crippen molar-refractivity contribution in [1.82, 2.24) is 10.1 Å². The number of methoxy groups -OCH3 is 3. The smallest absolute Gasteiger partial charge is 0.337 e. The van der Waals surface area contributed by atoms with E-state index >= 15 is 0 Å². The number of hydrogen-bond donors (Lipinski definition) is 0. The van der Waals surface area contributed by atoms with Crippen molar-refractivity contribution in [2.24, 2.45) is 0 Å². The second-order valence-corrected chi connectivity index (χ2v) is 7.69. The Morgan fingerprint density at radius 2 is 1.56 bits per heavy atom. The number of carbonyl (C=O) groups is 1. The van der Waals surface area contributed by atoms with E-state index in [9.17, 15) is 4.79 Å². The Balaban J connectivity index is 1.66. The predicted octanol–water partition coefficient (Wildman–Crippen LogP) is 5.36. The van der Waals surface area contributed by atoms with Crippen molar-refractivity contribution in [3.05, 3.63) is 72.3 Å². The van der Waals surface area contributed by atoms with E-state index in [1.165, 1.54) is 18.9 Å². The number of esters is 1. The van der Waals surface area contributed by atoms with Crippen LogP contribution in [0.5, 0.6) is 11.5 Å². The van der Waals surface area contributed by atoms with Crippen molar-refractivity contribution in [2.45, 2.75) is 9.79 Å². The highest BCUT2D eigenvalue weighted by Crippen LogP contribution is 2.39. The zero-order valence-electron chi connectivity index (χ0n) is 17.7. The highest BCUT2D eigenvalue weighted by Gasteiger charge is 2.20. The van der Waals surface area contributed by atoms with Crippen molar-refractivity contribution in [3.63, 3.8) is 0 Å². The van der Waals surface area contributed by atoms with E-state index in [1.807, 2.05) is 54.6 Å². The van der Waals surface area contributed by atoms with Crippen LogP contribution in [-0.4, -0.2) is 37.4 Å². The molecule has 0 fully saturated rings. The number of carbonyl (C=O) groups excluding carboxylic acids is 1. The first-order valence-electron chi connectivity index (χ1n) is 9.65. The normalized spacial score (nSPS) is 10.6. The Bertz CT molecular complexity index is 1220. The standard InChI is InChI=1S/C24H20N2O5S/c1-28-18-8-6-9-19(29-2)21(18)22-25-23(31-26-22)17-7-4-5-10-20(17)32-16-13-11-15(12-14-16)24(27)30-3/h4-14H,1-3H3. The zero-order chi connectivity index (χ0) is 22.5. The molecule has 162 valence electrons. The van der Waals surface area contributed by atoms with Gasteiger partial charge in [-0.25, -0.2) is 4.79 Å². The minimum absolute atomic E-state index is 0.368. The molecule has 1 aromatic heterocycles. The Hall–Kier alpha value is -3.78. The molecule has 0 aliphatic carbocycles. The molecule has 0 bridgehead atoms. The Morgan fingerprint density at radius 1 is 0.875 bits per heavy atom. The fourth-order valence-corrected chi connectivity index (χ4v) is 4.08. The van der Waals surface area contributed by atoms with Crippen LogP contribution in [0.1, 0.15) is 10.4 Å². The van der Waals surface area contributed by atoms with Crippen LogP contribution >= 0.6 is 11.8 Å². The molecule has 0 N–H and O–H groups in total. The lowest BCUT2D eigenvalue weighted by Gasteiger charge is -2.09. The maximum absolute atomic E-state index is 11.7. The van der Waals surface area contributed by atoms with Gasteiger partial charge in [-0.15, -0.1) is 0 Å². The largest absolute Gasteiger partial charge is 0.496 e. The highest BCUT2D eigenvalue weighted by atomic mass is 32.2. The maximum Gasteiger partial charge on any atom is 0.337 e. The molecule has 4 rings (SSSR count). The first-order chi connectivity index (χ1) is 15.6. The third-order valence-electron chi connectivity index (χ3n) is 4.70. The quantitative estimate of drug-likeness (QED) is 0.350. The summed E-state index contributed by atoms with van der Waals surface area (Å²) < 4.78 is 21.3. The minimum Gasteiger partial charge on any atom is -0.496 e. The Labute approximate surface area is 189 Å². The molecule has 0 aliphatic rings. The molecule has 0 unspecified atom stereocenters. The highest BCUT2D eigenvalue weighted by molar-refractivity contribution is 7.99. The van der Waals surface area contributed by atoms with Gasteiger partial charge < -0.3 is 18.7 Å². The number of nitrogens with zero attached hydrogens (tertiary/aromatic N) is 2. The van der Waals surface area contributed by atoms with Crippen LogP contribution in [-0.2, 0) is 4.74 Å².